The molecule has 0 aromatic heterocycles. The van der Waals surface area contributed by atoms with E-state index in [1.807, 2.05) is 0 Å². The molecule has 11 atom stereocenters. The van der Waals surface area contributed by atoms with E-state index < -0.39 is 5.60 Å². The fraction of sp³-hybridized carbons (Fsp3) is 1.00. The molecule has 4 saturated carbocycles. The maximum absolute atomic E-state index is 11.6. The summed E-state index contributed by atoms with van der Waals surface area (Å²) in [6, 6.07) is 0. The first-order valence-electron chi connectivity index (χ1n) is 9.62. The number of ether oxygens (including phenoxy) is 2. The Morgan fingerprint density at radius 1 is 1.08 bits per heavy atom. The SMILES string of the molecule is C[C@]12CC[C@H]3[C@@H](C[C@@H](Cl)[C@@]4(O)C[C@H]5OC5C[C@]34C)[C@@H]1C[C@H]1O[C@]12Br. The van der Waals surface area contributed by atoms with Gasteiger partial charge < -0.3 is 14.6 Å². The van der Waals surface area contributed by atoms with Crippen molar-refractivity contribution in [2.45, 2.75) is 86.2 Å². The van der Waals surface area contributed by atoms with E-state index in [0.717, 1.165) is 25.7 Å². The van der Waals surface area contributed by atoms with Gasteiger partial charge in [-0.3, -0.25) is 0 Å². The van der Waals surface area contributed by atoms with Crippen LogP contribution in [0.1, 0.15) is 52.4 Å². The number of alkyl halides is 2. The zero-order chi connectivity index (χ0) is 16.7. The number of hydrogen-bond donors (Lipinski definition) is 1. The lowest BCUT2D eigenvalue weighted by Gasteiger charge is -2.64. The Bertz CT molecular complexity index is 632. The van der Waals surface area contributed by atoms with Crippen LogP contribution in [0.15, 0.2) is 0 Å². The average molecular weight is 418 g/mol. The minimum absolute atomic E-state index is 0.0800. The summed E-state index contributed by atoms with van der Waals surface area (Å²) in [5.41, 5.74) is -0.645. The lowest BCUT2D eigenvalue weighted by molar-refractivity contribution is -0.199. The van der Waals surface area contributed by atoms with Gasteiger partial charge in [-0.2, -0.15) is 0 Å². The molecule has 6 rings (SSSR count). The first kappa shape index (κ1) is 15.7. The van der Waals surface area contributed by atoms with Gasteiger partial charge in [0.25, 0.3) is 0 Å². The predicted octanol–water partition coefficient (Wildman–Crippen LogP) is 3.84. The highest BCUT2D eigenvalue weighted by Gasteiger charge is 2.78. The second-order valence-electron chi connectivity index (χ2n) is 9.99. The van der Waals surface area contributed by atoms with Crippen molar-refractivity contribution in [3.8, 4) is 0 Å². The lowest BCUT2D eigenvalue weighted by atomic mass is 9.43. The van der Waals surface area contributed by atoms with Gasteiger partial charge in [0.05, 0.1) is 29.3 Å². The van der Waals surface area contributed by atoms with E-state index in [1.54, 1.807) is 0 Å². The smallest absolute Gasteiger partial charge is 0.154 e. The van der Waals surface area contributed by atoms with Crippen molar-refractivity contribution in [2.75, 3.05) is 0 Å². The molecule has 0 spiro atoms. The van der Waals surface area contributed by atoms with Crippen molar-refractivity contribution >= 4 is 27.5 Å². The maximum atomic E-state index is 11.6. The monoisotopic (exact) mass is 416 g/mol. The molecule has 4 aliphatic carbocycles. The third kappa shape index (κ3) is 1.52. The summed E-state index contributed by atoms with van der Waals surface area (Å²) in [6.45, 7) is 4.73. The summed E-state index contributed by atoms with van der Waals surface area (Å²) in [7, 11) is 0. The Morgan fingerprint density at radius 2 is 1.83 bits per heavy atom. The molecule has 0 bridgehead atoms. The van der Waals surface area contributed by atoms with Crippen LogP contribution in [0, 0.1) is 28.6 Å². The summed E-state index contributed by atoms with van der Waals surface area (Å²) < 4.78 is 11.8. The van der Waals surface area contributed by atoms with Crippen molar-refractivity contribution in [3.63, 3.8) is 0 Å². The van der Waals surface area contributed by atoms with Crippen molar-refractivity contribution in [1.29, 1.82) is 0 Å². The molecule has 6 fully saturated rings. The van der Waals surface area contributed by atoms with Crippen LogP contribution in [0.4, 0.5) is 0 Å². The van der Waals surface area contributed by atoms with E-state index >= 15 is 0 Å². The van der Waals surface area contributed by atoms with Crippen molar-refractivity contribution in [3.05, 3.63) is 0 Å². The summed E-state index contributed by atoms with van der Waals surface area (Å²) in [6.07, 6.45) is 7.21. The number of fused-ring (bicyclic) bond motifs is 8. The van der Waals surface area contributed by atoms with Gasteiger partial charge in [0.2, 0.25) is 0 Å². The summed E-state index contributed by atoms with van der Waals surface area (Å²) in [4.78, 5) is 0. The molecule has 5 heteroatoms. The number of epoxide rings is 2. The van der Waals surface area contributed by atoms with Crippen LogP contribution in [0.5, 0.6) is 0 Å². The number of hydrogen-bond acceptors (Lipinski definition) is 3. The molecule has 0 aromatic carbocycles. The van der Waals surface area contributed by atoms with Crippen molar-refractivity contribution in [2.24, 2.45) is 28.6 Å². The third-order valence-corrected chi connectivity index (χ3v) is 11.5. The van der Waals surface area contributed by atoms with E-state index in [9.17, 15) is 5.11 Å². The van der Waals surface area contributed by atoms with Crippen LogP contribution in [-0.4, -0.2) is 38.9 Å². The van der Waals surface area contributed by atoms with Crippen molar-refractivity contribution in [1.82, 2.24) is 0 Å². The first-order chi connectivity index (χ1) is 11.2. The molecule has 2 aliphatic heterocycles. The maximum Gasteiger partial charge on any atom is 0.154 e. The van der Waals surface area contributed by atoms with Gasteiger partial charge in [0.1, 0.15) is 0 Å². The fourth-order valence-corrected chi connectivity index (χ4v) is 9.20. The summed E-state index contributed by atoms with van der Waals surface area (Å²) >= 11 is 10.8. The Kier molecular flexibility index (Phi) is 2.75. The third-order valence-electron chi connectivity index (χ3n) is 9.37. The molecular weight excluding hydrogens is 392 g/mol. The summed E-state index contributed by atoms with van der Waals surface area (Å²) in [5.74, 6) is 1.84. The molecule has 0 radical (unpaired) electrons. The average Bonchev–Trinajstić information content (AvgIpc) is 3.38. The lowest BCUT2D eigenvalue weighted by Crippen LogP contribution is -2.67. The largest absolute Gasteiger partial charge is 0.388 e. The van der Waals surface area contributed by atoms with Crippen LogP contribution in [0.2, 0.25) is 0 Å². The van der Waals surface area contributed by atoms with Crippen LogP contribution in [0.25, 0.3) is 0 Å². The standard InChI is InChI=1S/C19H26BrClO3/c1-16-4-3-10-9(11(16)6-15-19(16,20)24-15)5-14(21)18(22)8-13-12(23-13)7-17(10,18)2/h9-15,22H,3-8H2,1-2H3/t9-,10+,11+,12?,13-,14-,15-,16+,17-,18+,19-/m1/s1. The topological polar surface area (TPSA) is 45.3 Å². The molecular formula is C19H26BrClO3. The molecule has 2 heterocycles. The van der Waals surface area contributed by atoms with Crippen LogP contribution < -0.4 is 0 Å². The highest BCUT2D eigenvalue weighted by molar-refractivity contribution is 9.10. The normalized spacial score (nSPS) is 72.1. The Hall–Kier alpha value is 0.650. The van der Waals surface area contributed by atoms with E-state index in [0.29, 0.717) is 30.0 Å². The minimum Gasteiger partial charge on any atom is -0.388 e. The van der Waals surface area contributed by atoms with Crippen LogP contribution in [0.3, 0.4) is 0 Å². The Balaban J connectivity index is 1.41. The highest BCUT2D eigenvalue weighted by Crippen LogP contribution is 2.76. The molecule has 0 aromatic rings. The van der Waals surface area contributed by atoms with E-state index in [1.165, 1.54) is 12.8 Å². The zero-order valence-electron chi connectivity index (χ0n) is 14.3. The first-order valence-corrected chi connectivity index (χ1v) is 10.8. The van der Waals surface area contributed by atoms with Crippen LogP contribution in [-0.2, 0) is 9.47 Å². The number of rotatable bonds is 0. The van der Waals surface area contributed by atoms with E-state index in [2.05, 4.69) is 29.8 Å². The van der Waals surface area contributed by atoms with Gasteiger partial charge in [-0.25, -0.2) is 0 Å². The zero-order valence-corrected chi connectivity index (χ0v) is 16.6. The Labute approximate surface area is 156 Å². The molecule has 134 valence electrons. The minimum atomic E-state index is -0.759. The molecule has 3 nitrogen and oxygen atoms in total. The van der Waals surface area contributed by atoms with Gasteiger partial charge in [0, 0.05) is 17.3 Å². The Morgan fingerprint density at radius 3 is 2.62 bits per heavy atom. The van der Waals surface area contributed by atoms with Gasteiger partial charge in [-0.15, -0.1) is 11.6 Å². The number of halogens is 2. The molecule has 0 amide bonds. The van der Waals surface area contributed by atoms with E-state index in [-0.39, 0.29) is 26.8 Å². The quantitative estimate of drug-likeness (QED) is 0.481. The van der Waals surface area contributed by atoms with E-state index in [4.69, 9.17) is 21.1 Å². The second kappa shape index (κ2) is 4.22. The van der Waals surface area contributed by atoms with Gasteiger partial charge in [-0.1, -0.05) is 29.8 Å². The molecule has 1 unspecified atom stereocenters. The number of aliphatic hydroxyl groups is 1. The van der Waals surface area contributed by atoms with Crippen LogP contribution >= 0.6 is 27.5 Å². The predicted molar refractivity (Wildman–Crippen MR) is 94.2 cm³/mol. The van der Waals surface area contributed by atoms with Gasteiger partial charge in [-0.05, 0) is 49.9 Å². The molecule has 1 N–H and O–H groups in total. The van der Waals surface area contributed by atoms with Gasteiger partial charge >= 0.3 is 0 Å². The fourth-order valence-electron chi connectivity index (χ4n) is 7.76. The summed E-state index contributed by atoms with van der Waals surface area (Å²) in [5, 5.41) is 11.5. The van der Waals surface area contributed by atoms with Gasteiger partial charge in [0.15, 0.2) is 4.51 Å². The molecule has 24 heavy (non-hydrogen) atoms. The molecule has 2 saturated heterocycles. The molecule has 6 aliphatic rings. The second-order valence-corrected chi connectivity index (χ2v) is 11.7. The van der Waals surface area contributed by atoms with Crippen molar-refractivity contribution < 1.29 is 14.6 Å². The highest BCUT2D eigenvalue weighted by atomic mass is 79.9.